The van der Waals surface area contributed by atoms with Crippen molar-refractivity contribution in [2.24, 2.45) is 5.92 Å². The molecular formula is C19H23N3O3. The molecule has 2 fully saturated rings. The molecular weight excluding hydrogens is 318 g/mol. The average molecular weight is 341 g/mol. The summed E-state index contributed by atoms with van der Waals surface area (Å²) in [4.78, 5) is 14.7. The molecule has 2 aliphatic rings. The second-order valence-electron chi connectivity index (χ2n) is 7.14. The van der Waals surface area contributed by atoms with E-state index < -0.39 is 0 Å². The normalized spacial score (nSPS) is 26.0. The number of hydrogen-bond acceptors (Lipinski definition) is 5. The van der Waals surface area contributed by atoms with Crippen molar-refractivity contribution in [3.8, 4) is 0 Å². The van der Waals surface area contributed by atoms with E-state index in [1.165, 1.54) is 5.56 Å². The third kappa shape index (κ3) is 3.31. The summed E-state index contributed by atoms with van der Waals surface area (Å²) in [6, 6.07) is 10.3. The Morgan fingerprint density at radius 3 is 2.76 bits per heavy atom. The molecule has 1 saturated carbocycles. The number of benzene rings is 1. The van der Waals surface area contributed by atoms with Crippen LogP contribution in [0.15, 0.2) is 34.7 Å². The fraction of sp³-hybridized carbons (Fsp3) is 0.526. The van der Waals surface area contributed by atoms with Crippen LogP contribution in [0.5, 0.6) is 0 Å². The molecule has 132 valence electrons. The number of morpholine rings is 1. The van der Waals surface area contributed by atoms with E-state index in [2.05, 4.69) is 22.3 Å². The predicted octanol–water partition coefficient (Wildman–Crippen LogP) is 2.90. The summed E-state index contributed by atoms with van der Waals surface area (Å²) in [7, 11) is 0. The molecule has 1 aromatic carbocycles. The van der Waals surface area contributed by atoms with Gasteiger partial charge in [-0.1, -0.05) is 44.2 Å². The lowest BCUT2D eigenvalue weighted by molar-refractivity contribution is -0.141. The van der Waals surface area contributed by atoms with Gasteiger partial charge in [-0.25, -0.2) is 0 Å². The molecule has 0 spiro atoms. The Bertz CT molecular complexity index is 743. The van der Waals surface area contributed by atoms with Crippen molar-refractivity contribution in [2.75, 3.05) is 19.7 Å². The molecule has 0 radical (unpaired) electrons. The van der Waals surface area contributed by atoms with Gasteiger partial charge in [-0.05, 0) is 17.9 Å². The van der Waals surface area contributed by atoms with Crippen molar-refractivity contribution in [1.82, 2.24) is 15.1 Å². The van der Waals surface area contributed by atoms with Gasteiger partial charge in [0, 0.05) is 18.4 Å². The lowest BCUT2D eigenvalue weighted by Gasteiger charge is -2.31. The fourth-order valence-corrected chi connectivity index (χ4v) is 3.38. The largest absolute Gasteiger partial charge is 0.422 e. The van der Waals surface area contributed by atoms with E-state index in [-0.39, 0.29) is 23.8 Å². The van der Waals surface area contributed by atoms with Gasteiger partial charge < -0.3 is 14.1 Å². The summed E-state index contributed by atoms with van der Waals surface area (Å²) in [6.07, 6.45) is 0.606. The highest BCUT2D eigenvalue weighted by atomic mass is 16.5. The smallest absolute Gasteiger partial charge is 0.247 e. The minimum absolute atomic E-state index is 0.0926. The molecule has 6 nitrogen and oxygen atoms in total. The van der Waals surface area contributed by atoms with Crippen LogP contribution in [0.25, 0.3) is 0 Å². The molecule has 1 aliphatic heterocycles. The highest BCUT2D eigenvalue weighted by Gasteiger charge is 2.46. The van der Waals surface area contributed by atoms with Crippen LogP contribution in [0.2, 0.25) is 0 Å². The molecule has 0 bridgehead atoms. The van der Waals surface area contributed by atoms with Gasteiger partial charge in [0.1, 0.15) is 0 Å². The minimum atomic E-state index is -0.327. The van der Waals surface area contributed by atoms with Gasteiger partial charge in [0.05, 0.1) is 13.2 Å². The van der Waals surface area contributed by atoms with Crippen LogP contribution in [0, 0.1) is 5.92 Å². The molecule has 4 rings (SSSR count). The van der Waals surface area contributed by atoms with Crippen LogP contribution in [0.1, 0.15) is 55.6 Å². The number of ether oxygens (including phenoxy) is 1. The Kier molecular flexibility index (Phi) is 4.29. The molecule has 6 heteroatoms. The summed E-state index contributed by atoms with van der Waals surface area (Å²) in [5, 5.41) is 8.16. The summed E-state index contributed by atoms with van der Waals surface area (Å²) in [5.41, 5.74) is 1.25. The quantitative estimate of drug-likeness (QED) is 0.855. The zero-order valence-corrected chi connectivity index (χ0v) is 14.6. The summed E-state index contributed by atoms with van der Waals surface area (Å²) in [6.45, 7) is 5.62. The van der Waals surface area contributed by atoms with E-state index in [9.17, 15) is 4.79 Å². The molecule has 2 heterocycles. The van der Waals surface area contributed by atoms with Crippen molar-refractivity contribution in [3.63, 3.8) is 0 Å². The van der Waals surface area contributed by atoms with Crippen LogP contribution < -0.4 is 0 Å². The summed E-state index contributed by atoms with van der Waals surface area (Å²) < 4.78 is 11.5. The maximum absolute atomic E-state index is 12.8. The SMILES string of the molecule is CC(C)c1nnc([C@@H]2CN(C(=O)[C@H]3C[C@@H]3c3ccccc3)CCO2)o1. The number of rotatable bonds is 4. The van der Waals surface area contributed by atoms with Crippen LogP contribution in [-0.2, 0) is 9.53 Å². The molecule has 1 saturated heterocycles. The minimum Gasteiger partial charge on any atom is -0.422 e. The van der Waals surface area contributed by atoms with Crippen molar-refractivity contribution in [3.05, 3.63) is 47.7 Å². The third-order valence-corrected chi connectivity index (χ3v) is 4.94. The topological polar surface area (TPSA) is 68.5 Å². The Hall–Kier alpha value is -2.21. The fourth-order valence-electron chi connectivity index (χ4n) is 3.38. The van der Waals surface area contributed by atoms with Crippen LogP contribution in [0.3, 0.4) is 0 Å². The highest BCUT2D eigenvalue weighted by molar-refractivity contribution is 5.83. The van der Waals surface area contributed by atoms with Crippen molar-refractivity contribution >= 4 is 5.91 Å². The van der Waals surface area contributed by atoms with Gasteiger partial charge in [-0.3, -0.25) is 4.79 Å². The van der Waals surface area contributed by atoms with E-state index in [0.717, 1.165) is 6.42 Å². The van der Waals surface area contributed by atoms with Gasteiger partial charge in [0.15, 0.2) is 6.10 Å². The maximum Gasteiger partial charge on any atom is 0.247 e. The Morgan fingerprint density at radius 2 is 2.04 bits per heavy atom. The number of carbonyl (C=O) groups excluding carboxylic acids is 1. The summed E-state index contributed by atoms with van der Waals surface area (Å²) in [5.74, 6) is 1.91. The monoisotopic (exact) mass is 341 g/mol. The first-order chi connectivity index (χ1) is 12.1. The number of carbonyl (C=O) groups is 1. The Balaban J connectivity index is 1.40. The van der Waals surface area contributed by atoms with E-state index in [1.807, 2.05) is 36.9 Å². The van der Waals surface area contributed by atoms with E-state index in [0.29, 0.717) is 37.4 Å². The second kappa shape index (κ2) is 6.59. The summed E-state index contributed by atoms with van der Waals surface area (Å²) >= 11 is 0. The number of aromatic nitrogens is 2. The van der Waals surface area contributed by atoms with Crippen LogP contribution in [-0.4, -0.2) is 40.7 Å². The first kappa shape index (κ1) is 16.3. The van der Waals surface area contributed by atoms with Gasteiger partial charge in [-0.15, -0.1) is 10.2 Å². The zero-order valence-electron chi connectivity index (χ0n) is 14.6. The second-order valence-corrected chi connectivity index (χ2v) is 7.14. The lowest BCUT2D eigenvalue weighted by Crippen LogP contribution is -2.43. The lowest BCUT2D eigenvalue weighted by atomic mass is 10.1. The standard InChI is InChI=1S/C19H23N3O3/c1-12(2)17-20-21-18(25-17)16-11-22(8-9-24-16)19(23)15-10-14(15)13-6-4-3-5-7-13/h3-7,12,14-16H,8-11H2,1-2H3/t14-,15+,16+/m1/s1. The molecule has 1 aromatic heterocycles. The van der Waals surface area contributed by atoms with Crippen molar-refractivity contribution in [2.45, 2.75) is 38.2 Å². The average Bonchev–Trinajstić information content (AvgIpc) is 3.29. The third-order valence-electron chi connectivity index (χ3n) is 4.94. The maximum atomic E-state index is 12.8. The number of amides is 1. The van der Waals surface area contributed by atoms with E-state index in [1.54, 1.807) is 0 Å². The number of nitrogens with zero attached hydrogens (tertiary/aromatic N) is 3. The molecule has 2 aromatic rings. The number of hydrogen-bond donors (Lipinski definition) is 0. The molecule has 0 unspecified atom stereocenters. The van der Waals surface area contributed by atoms with E-state index >= 15 is 0 Å². The first-order valence-corrected chi connectivity index (χ1v) is 8.92. The zero-order chi connectivity index (χ0) is 17.4. The Morgan fingerprint density at radius 1 is 1.24 bits per heavy atom. The van der Waals surface area contributed by atoms with E-state index in [4.69, 9.17) is 9.15 Å². The highest BCUT2D eigenvalue weighted by Crippen LogP contribution is 2.48. The van der Waals surface area contributed by atoms with Crippen LogP contribution >= 0.6 is 0 Å². The van der Waals surface area contributed by atoms with Gasteiger partial charge in [-0.2, -0.15) is 0 Å². The van der Waals surface area contributed by atoms with Gasteiger partial charge in [0.25, 0.3) is 0 Å². The first-order valence-electron chi connectivity index (χ1n) is 8.92. The molecule has 1 amide bonds. The van der Waals surface area contributed by atoms with Gasteiger partial charge >= 0.3 is 0 Å². The molecule has 3 atom stereocenters. The molecule has 0 N–H and O–H groups in total. The van der Waals surface area contributed by atoms with Gasteiger partial charge in [0.2, 0.25) is 17.7 Å². The van der Waals surface area contributed by atoms with Crippen molar-refractivity contribution < 1.29 is 13.9 Å². The van der Waals surface area contributed by atoms with Crippen molar-refractivity contribution in [1.29, 1.82) is 0 Å². The molecule has 1 aliphatic carbocycles. The van der Waals surface area contributed by atoms with Crippen LogP contribution in [0.4, 0.5) is 0 Å². The Labute approximate surface area is 147 Å². The predicted molar refractivity (Wildman–Crippen MR) is 91.0 cm³/mol. The molecule has 25 heavy (non-hydrogen) atoms.